The standard InChI is InChI=1S/C20H16F4N4O3/c1-28-11-25-10-14(28)18(29)27-19(6-8-30-16-3-2-7-26-17(16)19)12-4-5-15(13(21)9-12)31-20(22,23)24/h2-5,7,9-11H,6,8H2,1H3,(H,27,29). The average molecular weight is 436 g/mol. The predicted molar refractivity (Wildman–Crippen MR) is 98.9 cm³/mol. The van der Waals surface area contributed by atoms with Gasteiger partial charge in [0, 0.05) is 19.7 Å². The molecular weight excluding hydrogens is 420 g/mol. The number of ether oxygens (including phenoxy) is 2. The second kappa shape index (κ2) is 7.56. The van der Waals surface area contributed by atoms with Crippen molar-refractivity contribution in [3.05, 3.63) is 71.8 Å². The molecule has 11 heteroatoms. The van der Waals surface area contributed by atoms with E-state index in [0.717, 1.165) is 12.1 Å². The number of nitrogens with zero attached hydrogens (tertiary/aromatic N) is 3. The third-order valence-corrected chi connectivity index (χ3v) is 4.94. The zero-order valence-electron chi connectivity index (χ0n) is 16.1. The summed E-state index contributed by atoms with van der Waals surface area (Å²) in [5.74, 6) is -2.35. The largest absolute Gasteiger partial charge is 0.573 e. The van der Waals surface area contributed by atoms with Gasteiger partial charge in [0.05, 0.1) is 19.1 Å². The molecule has 0 radical (unpaired) electrons. The maximum absolute atomic E-state index is 14.6. The molecule has 1 unspecified atom stereocenters. The number of alkyl halides is 3. The number of hydrogen-bond donors (Lipinski definition) is 1. The van der Waals surface area contributed by atoms with Crippen molar-refractivity contribution < 1.29 is 31.8 Å². The average Bonchev–Trinajstić information content (AvgIpc) is 3.15. The van der Waals surface area contributed by atoms with E-state index in [-0.39, 0.29) is 24.3 Å². The second-order valence-electron chi connectivity index (χ2n) is 6.89. The van der Waals surface area contributed by atoms with E-state index >= 15 is 0 Å². The molecule has 3 aromatic rings. The summed E-state index contributed by atoms with van der Waals surface area (Å²) in [5.41, 5.74) is -0.617. The van der Waals surface area contributed by atoms with Crippen LogP contribution in [0.15, 0.2) is 49.1 Å². The molecule has 4 rings (SSSR count). The summed E-state index contributed by atoms with van der Waals surface area (Å²) in [6.07, 6.45) is -0.584. The van der Waals surface area contributed by atoms with Gasteiger partial charge in [0.25, 0.3) is 5.91 Å². The SMILES string of the molecule is Cn1cncc1C(=O)NC1(c2ccc(OC(F)(F)F)c(F)c2)CCOc2cccnc21. The van der Waals surface area contributed by atoms with Gasteiger partial charge in [-0.3, -0.25) is 9.78 Å². The maximum atomic E-state index is 14.6. The molecule has 162 valence electrons. The first kappa shape index (κ1) is 20.6. The Bertz CT molecular complexity index is 1130. The van der Waals surface area contributed by atoms with Gasteiger partial charge in [-0.25, -0.2) is 9.37 Å². The third kappa shape index (κ3) is 3.90. The van der Waals surface area contributed by atoms with Crippen LogP contribution in [-0.4, -0.2) is 33.4 Å². The Kier molecular flexibility index (Phi) is 5.03. The number of pyridine rings is 1. The molecule has 0 saturated heterocycles. The smallest absolute Gasteiger partial charge is 0.491 e. The first-order chi connectivity index (χ1) is 14.7. The fourth-order valence-electron chi connectivity index (χ4n) is 3.54. The van der Waals surface area contributed by atoms with Crippen LogP contribution in [0.4, 0.5) is 17.6 Å². The highest BCUT2D eigenvalue weighted by Gasteiger charge is 2.43. The zero-order valence-corrected chi connectivity index (χ0v) is 16.1. The van der Waals surface area contributed by atoms with E-state index in [1.807, 2.05) is 0 Å². The van der Waals surface area contributed by atoms with Crippen LogP contribution in [0.3, 0.4) is 0 Å². The third-order valence-electron chi connectivity index (χ3n) is 4.94. The number of carbonyl (C=O) groups is 1. The van der Waals surface area contributed by atoms with Gasteiger partial charge in [-0.2, -0.15) is 0 Å². The van der Waals surface area contributed by atoms with Crippen molar-refractivity contribution in [1.29, 1.82) is 0 Å². The number of amides is 1. The summed E-state index contributed by atoms with van der Waals surface area (Å²) < 4.78 is 63.0. The Morgan fingerprint density at radius 1 is 1.32 bits per heavy atom. The fraction of sp³-hybridized carbons (Fsp3) is 0.250. The van der Waals surface area contributed by atoms with Crippen molar-refractivity contribution in [1.82, 2.24) is 19.9 Å². The van der Waals surface area contributed by atoms with Crippen LogP contribution in [-0.2, 0) is 12.6 Å². The first-order valence-electron chi connectivity index (χ1n) is 9.12. The maximum Gasteiger partial charge on any atom is 0.573 e. The minimum Gasteiger partial charge on any atom is -0.491 e. The zero-order chi connectivity index (χ0) is 22.2. The highest BCUT2D eigenvalue weighted by Crippen LogP contribution is 2.42. The quantitative estimate of drug-likeness (QED) is 0.635. The van der Waals surface area contributed by atoms with Crippen LogP contribution in [0.5, 0.6) is 11.5 Å². The highest BCUT2D eigenvalue weighted by molar-refractivity contribution is 5.93. The molecule has 1 amide bonds. The van der Waals surface area contributed by atoms with E-state index in [0.29, 0.717) is 11.4 Å². The second-order valence-corrected chi connectivity index (χ2v) is 6.89. The van der Waals surface area contributed by atoms with Gasteiger partial charge in [0.2, 0.25) is 0 Å². The number of nitrogens with one attached hydrogen (secondary N) is 1. The van der Waals surface area contributed by atoms with Crippen molar-refractivity contribution in [3.63, 3.8) is 0 Å². The molecule has 1 N–H and O–H groups in total. The van der Waals surface area contributed by atoms with E-state index in [2.05, 4.69) is 20.0 Å². The van der Waals surface area contributed by atoms with Crippen LogP contribution in [0.25, 0.3) is 0 Å². The molecule has 3 heterocycles. The van der Waals surface area contributed by atoms with Crippen LogP contribution in [0.2, 0.25) is 0 Å². The molecule has 1 aliphatic rings. The van der Waals surface area contributed by atoms with E-state index in [9.17, 15) is 22.4 Å². The molecule has 31 heavy (non-hydrogen) atoms. The minimum atomic E-state index is -5.04. The van der Waals surface area contributed by atoms with Crippen LogP contribution in [0, 0.1) is 5.82 Å². The first-order valence-corrected chi connectivity index (χ1v) is 9.12. The lowest BCUT2D eigenvalue weighted by Crippen LogP contribution is -2.50. The number of halogens is 4. The van der Waals surface area contributed by atoms with E-state index in [4.69, 9.17) is 4.74 Å². The van der Waals surface area contributed by atoms with Gasteiger partial charge in [-0.05, 0) is 29.8 Å². The normalized spacial score (nSPS) is 18.1. The predicted octanol–water partition coefficient (Wildman–Crippen LogP) is 3.31. The summed E-state index contributed by atoms with van der Waals surface area (Å²) >= 11 is 0. The van der Waals surface area contributed by atoms with Crippen LogP contribution >= 0.6 is 0 Å². The van der Waals surface area contributed by atoms with Crippen molar-refractivity contribution in [2.45, 2.75) is 18.3 Å². The molecule has 7 nitrogen and oxygen atoms in total. The van der Waals surface area contributed by atoms with Crippen molar-refractivity contribution in [2.24, 2.45) is 7.05 Å². The lowest BCUT2D eigenvalue weighted by molar-refractivity contribution is -0.275. The molecule has 0 saturated carbocycles. The lowest BCUT2D eigenvalue weighted by Gasteiger charge is -2.39. The van der Waals surface area contributed by atoms with E-state index < -0.39 is 29.4 Å². The Morgan fingerprint density at radius 2 is 2.13 bits per heavy atom. The molecule has 2 aromatic heterocycles. The summed E-state index contributed by atoms with van der Waals surface area (Å²) in [6.45, 7) is 0.160. The molecule has 0 aliphatic carbocycles. The number of carbonyl (C=O) groups excluding carboxylic acids is 1. The molecular formula is C20H16F4N4O3. The molecule has 1 aliphatic heterocycles. The number of imidazole rings is 1. The lowest BCUT2D eigenvalue weighted by atomic mass is 9.81. The summed E-state index contributed by atoms with van der Waals surface area (Å²) in [5, 5.41) is 2.87. The van der Waals surface area contributed by atoms with Gasteiger partial charge < -0.3 is 19.4 Å². The number of hydrogen-bond acceptors (Lipinski definition) is 5. The monoisotopic (exact) mass is 436 g/mol. The van der Waals surface area contributed by atoms with Crippen molar-refractivity contribution >= 4 is 5.91 Å². The van der Waals surface area contributed by atoms with Gasteiger partial charge in [0.15, 0.2) is 11.6 Å². The molecule has 0 spiro atoms. The molecule has 1 aromatic carbocycles. The molecule has 0 fully saturated rings. The number of fused-ring (bicyclic) bond motifs is 1. The van der Waals surface area contributed by atoms with E-state index in [1.54, 1.807) is 19.2 Å². The van der Waals surface area contributed by atoms with Crippen LogP contribution in [0.1, 0.15) is 28.2 Å². The molecule has 1 atom stereocenters. The number of benzene rings is 1. The highest BCUT2D eigenvalue weighted by atomic mass is 19.4. The summed E-state index contributed by atoms with van der Waals surface area (Å²) in [4.78, 5) is 21.3. The van der Waals surface area contributed by atoms with Gasteiger partial charge in [-0.1, -0.05) is 6.07 Å². The fourth-order valence-corrected chi connectivity index (χ4v) is 3.54. The Morgan fingerprint density at radius 3 is 2.81 bits per heavy atom. The Balaban J connectivity index is 1.82. The topological polar surface area (TPSA) is 78.3 Å². The van der Waals surface area contributed by atoms with Crippen molar-refractivity contribution in [2.75, 3.05) is 6.61 Å². The van der Waals surface area contributed by atoms with Gasteiger partial charge in [0.1, 0.15) is 22.7 Å². The Labute approximate surface area is 173 Å². The van der Waals surface area contributed by atoms with Gasteiger partial charge >= 0.3 is 6.36 Å². The molecule has 0 bridgehead atoms. The van der Waals surface area contributed by atoms with E-state index in [1.165, 1.54) is 29.4 Å². The van der Waals surface area contributed by atoms with Gasteiger partial charge in [-0.15, -0.1) is 13.2 Å². The van der Waals surface area contributed by atoms with Crippen molar-refractivity contribution in [3.8, 4) is 11.5 Å². The number of aromatic nitrogens is 3. The minimum absolute atomic E-state index is 0.160. The number of rotatable bonds is 4. The Hall–Kier alpha value is -3.63. The summed E-state index contributed by atoms with van der Waals surface area (Å²) in [7, 11) is 1.63. The van der Waals surface area contributed by atoms with Crippen LogP contribution < -0.4 is 14.8 Å². The summed E-state index contributed by atoms with van der Waals surface area (Å²) in [6, 6.07) is 6.31. The number of aryl methyl sites for hydroxylation is 1.